The minimum absolute atomic E-state index is 0. The number of hydrogen-bond donors (Lipinski definition) is 0. The Kier molecular flexibility index (Phi) is 3.85. The molecule has 1 unspecified atom stereocenters. The minimum Gasteiger partial charge on any atom is -0.772 e. The van der Waals surface area contributed by atoms with Crippen LogP contribution in [-0.2, 0) is 11.1 Å². The van der Waals surface area contributed by atoms with Gasteiger partial charge in [-0.2, -0.15) is 0 Å². The van der Waals surface area contributed by atoms with E-state index in [0.717, 1.165) is 22.3 Å². The predicted octanol–water partition coefficient (Wildman–Crippen LogP) is -0.361. The van der Waals surface area contributed by atoms with Crippen molar-refractivity contribution in [3.63, 3.8) is 0 Å². The van der Waals surface area contributed by atoms with Gasteiger partial charge < -0.3 is 4.55 Å². The zero-order chi connectivity index (χ0) is 11.1. The van der Waals surface area contributed by atoms with Crippen molar-refractivity contribution < 1.29 is 38.3 Å². The molecule has 0 saturated heterocycles. The molecule has 0 spiro atoms. The third-order valence-electron chi connectivity index (χ3n) is 2.97. The molecule has 4 heteroatoms. The van der Waals surface area contributed by atoms with Crippen LogP contribution >= 0.6 is 0 Å². The van der Waals surface area contributed by atoms with Crippen LogP contribution in [-0.4, -0.2) is 8.76 Å². The quantitative estimate of drug-likeness (QED) is 0.513. The molecule has 3 rings (SSSR count). The molecule has 0 N–H and O–H groups in total. The van der Waals surface area contributed by atoms with E-state index in [1.807, 2.05) is 48.5 Å². The summed E-state index contributed by atoms with van der Waals surface area (Å²) in [5.41, 5.74) is 3.84. The van der Waals surface area contributed by atoms with E-state index in [1.165, 1.54) is 0 Å². The molecule has 1 atom stereocenters. The molecule has 1 aliphatic rings. The second-order valence-electron chi connectivity index (χ2n) is 3.82. The molecule has 0 aromatic heterocycles. The van der Waals surface area contributed by atoms with Crippen molar-refractivity contribution in [1.29, 1.82) is 0 Å². The number of fused-ring (bicyclic) bond motifs is 3. The Hall–Kier alpha value is -0.450. The van der Waals surface area contributed by atoms with E-state index in [2.05, 4.69) is 0 Å². The summed E-state index contributed by atoms with van der Waals surface area (Å²) in [6.07, 6.45) is 0. The molecule has 0 aliphatic heterocycles. The van der Waals surface area contributed by atoms with Crippen LogP contribution in [0, 0.1) is 0 Å². The van der Waals surface area contributed by atoms with Crippen LogP contribution in [0.2, 0.25) is 0 Å². The van der Waals surface area contributed by atoms with Gasteiger partial charge in [0.25, 0.3) is 0 Å². The summed E-state index contributed by atoms with van der Waals surface area (Å²) < 4.78 is 22.7. The van der Waals surface area contributed by atoms with Crippen LogP contribution in [0.1, 0.15) is 16.4 Å². The summed E-state index contributed by atoms with van der Waals surface area (Å²) in [6.45, 7) is 0. The van der Waals surface area contributed by atoms with Crippen molar-refractivity contribution in [3.05, 3.63) is 59.7 Å². The molecular weight excluding hydrogens is 243 g/mol. The van der Waals surface area contributed by atoms with Crippen molar-refractivity contribution in [1.82, 2.24) is 0 Å². The first-order valence-electron chi connectivity index (χ1n) is 5.05. The van der Waals surface area contributed by atoms with E-state index in [0.29, 0.717) is 0 Å². The fraction of sp³-hybridized carbons (Fsp3) is 0.0769. The van der Waals surface area contributed by atoms with Crippen molar-refractivity contribution in [2.24, 2.45) is 0 Å². The van der Waals surface area contributed by atoms with Gasteiger partial charge in [-0.15, -0.1) is 0 Å². The summed E-state index contributed by atoms with van der Waals surface area (Å²) in [6, 6.07) is 15.3. The van der Waals surface area contributed by atoms with E-state index in [-0.39, 0.29) is 29.6 Å². The van der Waals surface area contributed by atoms with Gasteiger partial charge in [-0.1, -0.05) is 48.5 Å². The molecular formula is C13H9NaO2S. The van der Waals surface area contributed by atoms with Gasteiger partial charge in [0, 0.05) is 0 Å². The van der Waals surface area contributed by atoms with Crippen LogP contribution in [0.25, 0.3) is 11.1 Å². The number of benzene rings is 2. The first-order chi connectivity index (χ1) is 7.79. The summed E-state index contributed by atoms with van der Waals surface area (Å²) in [7, 11) is 0. The Morgan fingerprint density at radius 3 is 1.71 bits per heavy atom. The van der Waals surface area contributed by atoms with Crippen molar-refractivity contribution >= 4 is 11.1 Å². The Labute approximate surface area is 125 Å². The fourth-order valence-electron chi connectivity index (χ4n) is 2.32. The van der Waals surface area contributed by atoms with Crippen LogP contribution in [0.15, 0.2) is 48.5 Å². The predicted molar refractivity (Wildman–Crippen MR) is 62.6 cm³/mol. The van der Waals surface area contributed by atoms with E-state index in [9.17, 15) is 8.76 Å². The van der Waals surface area contributed by atoms with Gasteiger partial charge in [0.2, 0.25) is 0 Å². The fourth-order valence-corrected chi connectivity index (χ4v) is 3.14. The Balaban J connectivity index is 0.00000108. The number of rotatable bonds is 1. The molecule has 2 aromatic carbocycles. The Morgan fingerprint density at radius 2 is 1.29 bits per heavy atom. The first kappa shape index (κ1) is 13.0. The van der Waals surface area contributed by atoms with Gasteiger partial charge in [-0.05, 0) is 33.3 Å². The van der Waals surface area contributed by atoms with E-state index in [1.54, 1.807) is 0 Å². The Bertz CT molecular complexity index is 538. The van der Waals surface area contributed by atoms with Gasteiger partial charge in [0.1, 0.15) is 0 Å². The van der Waals surface area contributed by atoms with Crippen LogP contribution < -0.4 is 29.6 Å². The second kappa shape index (κ2) is 5.04. The normalized spacial score (nSPS) is 14.6. The SMILES string of the molecule is O=S([O-])C1c2ccccc2-c2ccccc21.[Na+]. The molecule has 0 bridgehead atoms. The number of hydrogen-bond acceptors (Lipinski definition) is 2. The molecule has 2 nitrogen and oxygen atoms in total. The summed E-state index contributed by atoms with van der Waals surface area (Å²) in [5.74, 6) is 0. The maximum Gasteiger partial charge on any atom is 1.00 e. The van der Waals surface area contributed by atoms with Crippen molar-refractivity contribution in [2.45, 2.75) is 5.25 Å². The third kappa shape index (κ3) is 2.02. The second-order valence-corrected chi connectivity index (χ2v) is 4.81. The van der Waals surface area contributed by atoms with Crippen LogP contribution in [0.3, 0.4) is 0 Å². The molecule has 17 heavy (non-hydrogen) atoms. The van der Waals surface area contributed by atoms with Crippen LogP contribution in [0.5, 0.6) is 0 Å². The van der Waals surface area contributed by atoms with Gasteiger partial charge in [-0.3, -0.25) is 4.21 Å². The van der Waals surface area contributed by atoms with Gasteiger partial charge in [0.05, 0.1) is 5.25 Å². The molecule has 1 aliphatic carbocycles. The van der Waals surface area contributed by atoms with E-state index >= 15 is 0 Å². The minimum atomic E-state index is -2.11. The summed E-state index contributed by atoms with van der Waals surface area (Å²) >= 11 is -2.11. The van der Waals surface area contributed by atoms with Crippen molar-refractivity contribution in [3.8, 4) is 11.1 Å². The van der Waals surface area contributed by atoms with E-state index in [4.69, 9.17) is 0 Å². The average molecular weight is 252 g/mol. The Morgan fingerprint density at radius 1 is 0.882 bits per heavy atom. The van der Waals surface area contributed by atoms with Gasteiger partial charge in [-0.25, -0.2) is 0 Å². The molecule has 0 fully saturated rings. The molecule has 0 radical (unpaired) electrons. The zero-order valence-electron chi connectivity index (χ0n) is 9.42. The molecule has 2 aromatic rings. The molecule has 0 saturated carbocycles. The summed E-state index contributed by atoms with van der Waals surface area (Å²) in [5, 5.41) is -0.507. The monoisotopic (exact) mass is 252 g/mol. The molecule has 0 heterocycles. The third-order valence-corrected chi connectivity index (χ3v) is 3.86. The standard InChI is InChI=1S/C13H10O2S.Na/c14-16(15)13-11-7-3-1-5-9(11)10-6-2-4-8-12(10)13;/h1-8,13H,(H,14,15);/q;+1/p-1. The maximum absolute atomic E-state index is 11.3. The van der Waals surface area contributed by atoms with Crippen LogP contribution in [0.4, 0.5) is 0 Å². The zero-order valence-corrected chi connectivity index (χ0v) is 12.2. The summed E-state index contributed by atoms with van der Waals surface area (Å²) in [4.78, 5) is 0. The topological polar surface area (TPSA) is 40.1 Å². The average Bonchev–Trinajstić information content (AvgIpc) is 2.63. The van der Waals surface area contributed by atoms with Crippen molar-refractivity contribution in [2.75, 3.05) is 0 Å². The maximum atomic E-state index is 11.3. The molecule has 80 valence electrons. The van der Waals surface area contributed by atoms with Gasteiger partial charge >= 0.3 is 29.6 Å². The molecule has 0 amide bonds. The first-order valence-corrected chi connectivity index (χ1v) is 6.19. The van der Waals surface area contributed by atoms with Gasteiger partial charge in [0.15, 0.2) is 0 Å². The largest absolute Gasteiger partial charge is 1.00 e. The van der Waals surface area contributed by atoms with E-state index < -0.39 is 16.3 Å². The smallest absolute Gasteiger partial charge is 0.772 e.